The van der Waals surface area contributed by atoms with Gasteiger partial charge in [0.1, 0.15) is 6.07 Å². The monoisotopic (exact) mass is 258 g/mol. The fraction of sp³-hybridized carbons (Fsp3) is 0.429. The van der Waals surface area contributed by atoms with Crippen LogP contribution in [0.4, 0.5) is 5.69 Å². The number of nitriles is 1. The van der Waals surface area contributed by atoms with E-state index in [-0.39, 0.29) is 11.9 Å². The summed E-state index contributed by atoms with van der Waals surface area (Å²) in [4.78, 5) is 16.2. The number of hydrogen-bond acceptors (Lipinski definition) is 4. The zero-order valence-electron chi connectivity index (χ0n) is 11.0. The van der Waals surface area contributed by atoms with Crippen molar-refractivity contribution < 1.29 is 4.79 Å². The number of nitrogens with two attached hydrogens (primary N) is 1. The average Bonchev–Trinajstić information content (AvgIpc) is 2.44. The first-order chi connectivity index (χ1) is 9.19. The van der Waals surface area contributed by atoms with E-state index in [1.165, 1.54) is 0 Å². The molecule has 1 atom stereocenters. The highest BCUT2D eigenvalue weighted by Crippen LogP contribution is 2.23. The minimum Gasteiger partial charge on any atom is -0.329 e. The van der Waals surface area contributed by atoms with Crippen LogP contribution in [-0.4, -0.2) is 43.0 Å². The largest absolute Gasteiger partial charge is 0.329 e. The quantitative estimate of drug-likeness (QED) is 0.859. The Kier molecular flexibility index (Phi) is 4.15. The summed E-state index contributed by atoms with van der Waals surface area (Å²) in [5.74, 6) is 0.0300. The van der Waals surface area contributed by atoms with E-state index in [1.807, 2.05) is 19.1 Å². The highest BCUT2D eigenvalue weighted by atomic mass is 16.2. The van der Waals surface area contributed by atoms with Gasteiger partial charge in [-0.3, -0.25) is 9.69 Å². The van der Waals surface area contributed by atoms with Crippen LogP contribution in [0.2, 0.25) is 0 Å². The maximum atomic E-state index is 12.4. The van der Waals surface area contributed by atoms with Gasteiger partial charge in [0.2, 0.25) is 5.91 Å². The number of carbonyl (C=O) groups is 1. The van der Waals surface area contributed by atoms with Gasteiger partial charge in [-0.1, -0.05) is 12.1 Å². The summed E-state index contributed by atoms with van der Waals surface area (Å²) >= 11 is 0. The molecule has 1 aliphatic heterocycles. The first-order valence-corrected chi connectivity index (χ1v) is 6.43. The van der Waals surface area contributed by atoms with E-state index in [2.05, 4.69) is 11.0 Å². The molecule has 1 amide bonds. The number of para-hydroxylation sites is 1. The lowest BCUT2D eigenvalue weighted by molar-refractivity contribution is -0.125. The van der Waals surface area contributed by atoms with Crippen molar-refractivity contribution in [2.75, 3.05) is 31.1 Å². The number of piperazine rings is 1. The van der Waals surface area contributed by atoms with E-state index < -0.39 is 0 Å². The molecule has 1 saturated heterocycles. The molecule has 5 heteroatoms. The van der Waals surface area contributed by atoms with Crippen molar-refractivity contribution in [3.63, 3.8) is 0 Å². The molecule has 1 unspecified atom stereocenters. The van der Waals surface area contributed by atoms with E-state index in [9.17, 15) is 4.79 Å². The van der Waals surface area contributed by atoms with Gasteiger partial charge in [0.15, 0.2) is 0 Å². The zero-order chi connectivity index (χ0) is 13.8. The molecule has 1 aromatic carbocycles. The summed E-state index contributed by atoms with van der Waals surface area (Å²) in [6, 6.07) is 9.16. The number of rotatable bonds is 3. The van der Waals surface area contributed by atoms with Gasteiger partial charge < -0.3 is 10.6 Å². The minimum absolute atomic E-state index is 0.0300. The third-order valence-corrected chi connectivity index (χ3v) is 3.51. The van der Waals surface area contributed by atoms with Crippen LogP contribution in [0.1, 0.15) is 12.5 Å². The Morgan fingerprint density at radius 3 is 2.84 bits per heavy atom. The Bertz CT molecular complexity index is 508. The van der Waals surface area contributed by atoms with Gasteiger partial charge >= 0.3 is 0 Å². The smallest absolute Gasteiger partial charge is 0.244 e. The second-order valence-electron chi connectivity index (χ2n) is 4.62. The van der Waals surface area contributed by atoms with E-state index >= 15 is 0 Å². The molecular weight excluding hydrogens is 240 g/mol. The van der Waals surface area contributed by atoms with Crippen LogP contribution in [0.3, 0.4) is 0 Å². The van der Waals surface area contributed by atoms with Crippen LogP contribution in [0, 0.1) is 11.3 Å². The van der Waals surface area contributed by atoms with E-state index in [0.29, 0.717) is 24.3 Å². The zero-order valence-corrected chi connectivity index (χ0v) is 11.0. The topological polar surface area (TPSA) is 73.4 Å². The first kappa shape index (κ1) is 13.5. The SMILES string of the molecule is CC1C(=O)N(c2ccccc2C#N)CCN1CCN. The summed E-state index contributed by atoms with van der Waals surface area (Å²) in [5.41, 5.74) is 6.79. The molecule has 5 nitrogen and oxygen atoms in total. The van der Waals surface area contributed by atoms with E-state index in [4.69, 9.17) is 11.0 Å². The van der Waals surface area contributed by atoms with Crippen molar-refractivity contribution in [1.29, 1.82) is 5.26 Å². The molecule has 0 saturated carbocycles. The lowest BCUT2D eigenvalue weighted by Crippen LogP contribution is -2.57. The fourth-order valence-corrected chi connectivity index (χ4v) is 2.43. The third-order valence-electron chi connectivity index (χ3n) is 3.51. The standard InChI is InChI=1S/C14H18N4O/c1-11-14(19)18(9-8-17(11)7-6-15)13-5-3-2-4-12(13)10-16/h2-5,11H,6-9,15H2,1H3. The second-order valence-corrected chi connectivity index (χ2v) is 4.62. The van der Waals surface area contributed by atoms with E-state index in [0.717, 1.165) is 13.1 Å². The molecule has 1 aromatic rings. The van der Waals surface area contributed by atoms with Gasteiger partial charge in [-0.05, 0) is 19.1 Å². The molecule has 1 aliphatic rings. The van der Waals surface area contributed by atoms with Gasteiger partial charge in [-0.15, -0.1) is 0 Å². The van der Waals surface area contributed by atoms with Crippen molar-refractivity contribution in [3.05, 3.63) is 29.8 Å². The number of hydrogen-bond donors (Lipinski definition) is 1. The van der Waals surface area contributed by atoms with Crippen LogP contribution < -0.4 is 10.6 Å². The Morgan fingerprint density at radius 1 is 1.42 bits per heavy atom. The molecule has 0 aromatic heterocycles. The highest BCUT2D eigenvalue weighted by Gasteiger charge is 2.32. The summed E-state index contributed by atoms with van der Waals surface area (Å²) < 4.78 is 0. The van der Waals surface area contributed by atoms with Crippen LogP contribution in [0.5, 0.6) is 0 Å². The van der Waals surface area contributed by atoms with E-state index in [1.54, 1.807) is 17.0 Å². The van der Waals surface area contributed by atoms with Gasteiger partial charge in [0.25, 0.3) is 0 Å². The number of benzene rings is 1. The Labute approximate surface area is 113 Å². The van der Waals surface area contributed by atoms with Crippen LogP contribution in [-0.2, 0) is 4.79 Å². The summed E-state index contributed by atoms with van der Waals surface area (Å²) in [5, 5.41) is 9.12. The molecule has 0 spiro atoms. The Balaban J connectivity index is 2.24. The van der Waals surface area contributed by atoms with Crippen molar-refractivity contribution in [2.45, 2.75) is 13.0 Å². The Morgan fingerprint density at radius 2 is 2.16 bits per heavy atom. The van der Waals surface area contributed by atoms with Crippen LogP contribution in [0.15, 0.2) is 24.3 Å². The predicted molar refractivity (Wildman–Crippen MR) is 73.6 cm³/mol. The average molecular weight is 258 g/mol. The van der Waals surface area contributed by atoms with Crippen molar-refractivity contribution in [3.8, 4) is 6.07 Å². The molecule has 0 bridgehead atoms. The highest BCUT2D eigenvalue weighted by molar-refractivity contribution is 5.98. The normalized spacial score (nSPS) is 20.4. The number of carbonyl (C=O) groups excluding carboxylic acids is 1. The molecule has 19 heavy (non-hydrogen) atoms. The molecule has 1 fully saturated rings. The summed E-state index contributed by atoms with van der Waals surface area (Å²) in [7, 11) is 0. The lowest BCUT2D eigenvalue weighted by Gasteiger charge is -2.39. The fourth-order valence-electron chi connectivity index (χ4n) is 2.43. The van der Waals surface area contributed by atoms with Gasteiger partial charge in [-0.2, -0.15) is 5.26 Å². The van der Waals surface area contributed by atoms with Crippen LogP contribution >= 0.6 is 0 Å². The van der Waals surface area contributed by atoms with Crippen LogP contribution in [0.25, 0.3) is 0 Å². The lowest BCUT2D eigenvalue weighted by atomic mass is 10.1. The van der Waals surface area contributed by atoms with Gasteiger partial charge in [0, 0.05) is 26.2 Å². The number of anilines is 1. The predicted octanol–water partition coefficient (Wildman–Crippen LogP) is 0.554. The van der Waals surface area contributed by atoms with Gasteiger partial charge in [0.05, 0.1) is 17.3 Å². The second kappa shape index (κ2) is 5.83. The maximum absolute atomic E-state index is 12.4. The number of nitrogens with zero attached hydrogens (tertiary/aromatic N) is 3. The maximum Gasteiger partial charge on any atom is 0.244 e. The molecule has 2 N–H and O–H groups in total. The Hall–Kier alpha value is -1.90. The molecule has 2 rings (SSSR count). The molecule has 0 aliphatic carbocycles. The van der Waals surface area contributed by atoms with Crippen molar-refractivity contribution in [1.82, 2.24) is 4.90 Å². The first-order valence-electron chi connectivity index (χ1n) is 6.43. The summed E-state index contributed by atoms with van der Waals surface area (Å²) in [6.07, 6.45) is 0. The molecule has 1 heterocycles. The van der Waals surface area contributed by atoms with Gasteiger partial charge in [-0.25, -0.2) is 0 Å². The minimum atomic E-state index is -0.191. The molecule has 100 valence electrons. The number of amides is 1. The summed E-state index contributed by atoms with van der Waals surface area (Å²) in [6.45, 7) is 4.54. The van der Waals surface area contributed by atoms with Crippen molar-refractivity contribution in [2.24, 2.45) is 5.73 Å². The molecule has 0 radical (unpaired) electrons. The third kappa shape index (κ3) is 2.60. The molecular formula is C14H18N4O. The van der Waals surface area contributed by atoms with Crippen molar-refractivity contribution >= 4 is 11.6 Å².